The first-order chi connectivity index (χ1) is 12.1. The summed E-state index contributed by atoms with van der Waals surface area (Å²) in [6, 6.07) is 9.11. The van der Waals surface area contributed by atoms with Crippen LogP contribution in [0.4, 0.5) is 5.69 Å². The molecule has 2 aromatic carbocycles. The van der Waals surface area contributed by atoms with E-state index in [9.17, 15) is 15.0 Å². The van der Waals surface area contributed by atoms with E-state index in [2.05, 4.69) is 6.92 Å². The second kappa shape index (κ2) is 7.18. The molecule has 2 N–H and O–H groups in total. The number of aromatic hydroxyl groups is 2. The second-order valence-electron chi connectivity index (χ2n) is 6.58. The fourth-order valence-electron chi connectivity index (χ4n) is 3.64. The zero-order valence-electron chi connectivity index (χ0n) is 14.9. The Kier molecular flexibility index (Phi) is 4.98. The third kappa shape index (κ3) is 3.21. The first-order valence-corrected chi connectivity index (χ1v) is 9.04. The average Bonchev–Trinajstić information content (AvgIpc) is 2.90. The van der Waals surface area contributed by atoms with Gasteiger partial charge in [-0.25, -0.2) is 0 Å². The van der Waals surface area contributed by atoms with Crippen molar-refractivity contribution in [2.45, 2.75) is 46.0 Å². The van der Waals surface area contributed by atoms with Gasteiger partial charge in [0.25, 0.3) is 0 Å². The first-order valence-electron chi connectivity index (χ1n) is 9.04. The number of phenols is 2. The van der Waals surface area contributed by atoms with Gasteiger partial charge in [-0.2, -0.15) is 0 Å². The van der Waals surface area contributed by atoms with Crippen LogP contribution < -0.4 is 4.90 Å². The Morgan fingerprint density at radius 1 is 1.08 bits per heavy atom. The van der Waals surface area contributed by atoms with Gasteiger partial charge in [0, 0.05) is 12.2 Å². The number of aryl methyl sites for hydroxylation is 1. The van der Waals surface area contributed by atoms with Crippen LogP contribution in [0.25, 0.3) is 11.1 Å². The van der Waals surface area contributed by atoms with E-state index < -0.39 is 0 Å². The molecule has 0 atom stereocenters. The third-order valence-corrected chi connectivity index (χ3v) is 4.88. The lowest BCUT2D eigenvalue weighted by Crippen LogP contribution is -2.25. The molecule has 0 fully saturated rings. The maximum Gasteiger partial charge on any atom is 0.231 e. The van der Waals surface area contributed by atoms with Crippen molar-refractivity contribution in [1.29, 1.82) is 0 Å². The Hall–Kier alpha value is -2.49. The number of hydrogen-bond donors (Lipinski definition) is 2. The third-order valence-electron chi connectivity index (χ3n) is 4.88. The minimum Gasteiger partial charge on any atom is -0.507 e. The van der Waals surface area contributed by atoms with E-state index in [0.29, 0.717) is 18.5 Å². The largest absolute Gasteiger partial charge is 0.507 e. The number of phenolic OH excluding ortho intramolecular Hbond substituents is 2. The lowest BCUT2D eigenvalue weighted by molar-refractivity contribution is -0.117. The van der Waals surface area contributed by atoms with Crippen molar-refractivity contribution in [3.05, 3.63) is 41.5 Å². The van der Waals surface area contributed by atoms with E-state index in [0.717, 1.165) is 48.1 Å². The zero-order chi connectivity index (χ0) is 18.0. The SMILES string of the molecule is CCCCCc1cc(O)c(-c2cccc3c2CC(=O)N3CC)c(O)c1. The zero-order valence-corrected chi connectivity index (χ0v) is 14.9. The highest BCUT2D eigenvalue weighted by Gasteiger charge is 2.29. The number of hydrogen-bond acceptors (Lipinski definition) is 3. The number of fused-ring (bicyclic) bond motifs is 1. The van der Waals surface area contributed by atoms with Gasteiger partial charge in [0.1, 0.15) is 11.5 Å². The molecule has 2 aromatic rings. The lowest BCUT2D eigenvalue weighted by Gasteiger charge is -2.16. The predicted octanol–water partition coefficient (Wildman–Crippen LogP) is 4.41. The molecule has 0 saturated heterocycles. The Morgan fingerprint density at radius 2 is 1.80 bits per heavy atom. The molecule has 0 radical (unpaired) electrons. The van der Waals surface area contributed by atoms with E-state index in [4.69, 9.17) is 0 Å². The molecule has 0 spiro atoms. The van der Waals surface area contributed by atoms with Gasteiger partial charge in [-0.15, -0.1) is 0 Å². The summed E-state index contributed by atoms with van der Waals surface area (Å²) in [7, 11) is 0. The van der Waals surface area contributed by atoms with Crippen LogP contribution in [0.3, 0.4) is 0 Å². The number of likely N-dealkylation sites (N-methyl/N-ethyl adjacent to an activating group) is 1. The van der Waals surface area contributed by atoms with Gasteiger partial charge >= 0.3 is 0 Å². The molecule has 0 unspecified atom stereocenters. The highest BCUT2D eigenvalue weighted by molar-refractivity contribution is 6.04. The number of unbranched alkanes of at least 4 members (excludes halogenated alkanes) is 2. The van der Waals surface area contributed by atoms with Crippen molar-refractivity contribution < 1.29 is 15.0 Å². The second-order valence-corrected chi connectivity index (χ2v) is 6.58. The van der Waals surface area contributed by atoms with Crippen LogP contribution in [0.1, 0.15) is 44.2 Å². The topological polar surface area (TPSA) is 60.8 Å². The fourth-order valence-corrected chi connectivity index (χ4v) is 3.64. The molecule has 0 bridgehead atoms. The Bertz CT molecular complexity index is 775. The molecule has 4 nitrogen and oxygen atoms in total. The predicted molar refractivity (Wildman–Crippen MR) is 100 cm³/mol. The molecule has 0 aliphatic carbocycles. The first kappa shape index (κ1) is 17.3. The number of anilines is 1. The molecular formula is C21H25NO3. The van der Waals surface area contributed by atoms with Crippen LogP contribution in [0.5, 0.6) is 11.5 Å². The summed E-state index contributed by atoms with van der Waals surface area (Å²) in [6.45, 7) is 4.71. The van der Waals surface area contributed by atoms with Crippen LogP contribution in [0, 0.1) is 0 Å². The van der Waals surface area contributed by atoms with Crippen molar-refractivity contribution in [1.82, 2.24) is 0 Å². The normalized spacial score (nSPS) is 13.4. The summed E-state index contributed by atoms with van der Waals surface area (Å²) in [4.78, 5) is 14.0. The smallest absolute Gasteiger partial charge is 0.231 e. The summed E-state index contributed by atoms with van der Waals surface area (Å²) in [5, 5.41) is 21.1. The highest BCUT2D eigenvalue weighted by Crippen LogP contribution is 2.44. The Morgan fingerprint density at radius 3 is 2.44 bits per heavy atom. The highest BCUT2D eigenvalue weighted by atomic mass is 16.3. The maximum absolute atomic E-state index is 12.2. The number of carbonyl (C=O) groups is 1. The molecule has 1 heterocycles. The quantitative estimate of drug-likeness (QED) is 0.767. The van der Waals surface area contributed by atoms with Crippen LogP contribution in [-0.2, 0) is 17.6 Å². The Balaban J connectivity index is 2.01. The van der Waals surface area contributed by atoms with Crippen LogP contribution in [-0.4, -0.2) is 22.7 Å². The molecule has 0 saturated carbocycles. The molecule has 25 heavy (non-hydrogen) atoms. The van der Waals surface area contributed by atoms with Crippen molar-refractivity contribution >= 4 is 11.6 Å². The van der Waals surface area contributed by atoms with E-state index in [1.54, 1.807) is 17.0 Å². The molecule has 4 heteroatoms. The van der Waals surface area contributed by atoms with E-state index in [1.807, 2.05) is 25.1 Å². The standard InChI is InChI=1S/C21H25NO3/c1-3-5-6-8-14-11-18(23)21(19(24)12-14)15-9-7-10-17-16(15)13-20(25)22(17)4-2/h7,9-12,23-24H,3-6,8,13H2,1-2H3. The van der Waals surface area contributed by atoms with Crippen molar-refractivity contribution in [2.75, 3.05) is 11.4 Å². The number of benzene rings is 2. The average molecular weight is 339 g/mol. The maximum atomic E-state index is 12.2. The number of rotatable bonds is 6. The molecule has 1 amide bonds. The van der Waals surface area contributed by atoms with Crippen molar-refractivity contribution in [3.8, 4) is 22.6 Å². The minimum absolute atomic E-state index is 0.0557. The van der Waals surface area contributed by atoms with Gasteiger partial charge in [0.15, 0.2) is 0 Å². The van der Waals surface area contributed by atoms with Crippen LogP contribution in [0.2, 0.25) is 0 Å². The lowest BCUT2D eigenvalue weighted by atomic mass is 9.94. The summed E-state index contributed by atoms with van der Waals surface area (Å²) < 4.78 is 0. The minimum atomic E-state index is 0.0557. The Labute approximate surface area is 148 Å². The number of carbonyl (C=O) groups excluding carboxylic acids is 1. The fraction of sp³-hybridized carbons (Fsp3) is 0.381. The van der Waals surface area contributed by atoms with Crippen LogP contribution >= 0.6 is 0 Å². The van der Waals surface area contributed by atoms with Gasteiger partial charge < -0.3 is 15.1 Å². The molecule has 1 aliphatic rings. The van der Waals surface area contributed by atoms with Gasteiger partial charge in [-0.05, 0) is 54.7 Å². The van der Waals surface area contributed by atoms with Crippen molar-refractivity contribution in [2.24, 2.45) is 0 Å². The van der Waals surface area contributed by atoms with Gasteiger partial charge in [0.2, 0.25) is 5.91 Å². The summed E-state index contributed by atoms with van der Waals surface area (Å²) >= 11 is 0. The van der Waals surface area contributed by atoms with E-state index >= 15 is 0 Å². The molecule has 132 valence electrons. The summed E-state index contributed by atoms with van der Waals surface area (Å²) in [5.41, 5.74) is 3.83. The monoisotopic (exact) mass is 339 g/mol. The van der Waals surface area contributed by atoms with Crippen LogP contribution in [0.15, 0.2) is 30.3 Å². The van der Waals surface area contributed by atoms with Crippen molar-refractivity contribution in [3.63, 3.8) is 0 Å². The number of amides is 1. The molecule has 3 rings (SSSR count). The molecular weight excluding hydrogens is 314 g/mol. The van der Waals surface area contributed by atoms with E-state index in [-0.39, 0.29) is 17.4 Å². The van der Waals surface area contributed by atoms with Gasteiger partial charge in [-0.1, -0.05) is 31.9 Å². The number of nitrogens with zero attached hydrogens (tertiary/aromatic N) is 1. The summed E-state index contributed by atoms with van der Waals surface area (Å²) in [5.74, 6) is 0.199. The van der Waals surface area contributed by atoms with Gasteiger partial charge in [-0.3, -0.25) is 4.79 Å². The van der Waals surface area contributed by atoms with Gasteiger partial charge in [0.05, 0.1) is 12.0 Å². The van der Waals surface area contributed by atoms with E-state index in [1.165, 1.54) is 0 Å². The summed E-state index contributed by atoms with van der Waals surface area (Å²) in [6.07, 6.45) is 4.44. The molecule has 0 aromatic heterocycles. The molecule has 1 aliphatic heterocycles.